The molecular formula is C5H5F2NO2. The van der Waals surface area contributed by atoms with Crippen molar-refractivity contribution in [2.45, 2.75) is 6.30 Å². The largest absolute Gasteiger partial charge is 0.449 e. The van der Waals surface area contributed by atoms with Crippen molar-refractivity contribution < 1.29 is 18.3 Å². The Balaban J connectivity index is 3.47. The van der Waals surface area contributed by atoms with Gasteiger partial charge in [0.15, 0.2) is 6.61 Å². The predicted octanol–water partition coefficient (Wildman–Crippen LogP) is -0.286. The van der Waals surface area contributed by atoms with Crippen LogP contribution in [0.2, 0.25) is 0 Å². The van der Waals surface area contributed by atoms with Gasteiger partial charge in [0.1, 0.15) is 6.17 Å². The van der Waals surface area contributed by atoms with Crippen molar-refractivity contribution in [3.05, 3.63) is 0 Å². The quantitative estimate of drug-likeness (QED) is 0.333. The van der Waals surface area contributed by atoms with Gasteiger partial charge in [-0.05, 0) is 5.92 Å². The van der Waals surface area contributed by atoms with Gasteiger partial charge in [0.2, 0.25) is 6.30 Å². The molecule has 0 radical (unpaired) electrons. The van der Waals surface area contributed by atoms with Gasteiger partial charge >= 0.3 is 5.97 Å². The second-order valence-corrected chi connectivity index (χ2v) is 1.28. The molecule has 0 bridgehead atoms. The number of ether oxygens (including phenoxy) is 1. The third-order valence-electron chi connectivity index (χ3n) is 0.579. The molecule has 0 aromatic heterocycles. The van der Waals surface area contributed by atoms with Gasteiger partial charge in [0.05, 0.1) is 0 Å². The number of alkyl halides is 1. The lowest BCUT2D eigenvalue weighted by Gasteiger charge is -1.98. The molecule has 56 valence electrons. The smallest absolute Gasteiger partial charge is 0.356 e. The Kier molecular flexibility index (Phi) is 4.16. The zero-order valence-corrected chi connectivity index (χ0v) is 4.93. The zero-order chi connectivity index (χ0) is 7.98. The number of nitrogens with two attached hydrogens (primary N) is 1. The van der Waals surface area contributed by atoms with E-state index in [1.807, 2.05) is 0 Å². The Morgan fingerprint density at radius 3 is 2.80 bits per heavy atom. The summed E-state index contributed by atoms with van der Waals surface area (Å²) in [7, 11) is 0. The monoisotopic (exact) mass is 149 g/mol. The minimum absolute atomic E-state index is 0.479. The molecule has 0 amide bonds. The van der Waals surface area contributed by atoms with Gasteiger partial charge in [-0.15, -0.1) is 4.39 Å². The van der Waals surface area contributed by atoms with Gasteiger partial charge in [0, 0.05) is 0 Å². The van der Waals surface area contributed by atoms with Crippen LogP contribution in [0.15, 0.2) is 0 Å². The van der Waals surface area contributed by atoms with Crippen LogP contribution in [0, 0.1) is 12.1 Å². The molecule has 0 spiro atoms. The highest BCUT2D eigenvalue weighted by Crippen LogP contribution is 1.84. The summed E-state index contributed by atoms with van der Waals surface area (Å²) in [6, 6.07) is 0. The first kappa shape index (κ1) is 8.85. The molecule has 2 N–H and O–H groups in total. The van der Waals surface area contributed by atoms with Crippen LogP contribution in [-0.2, 0) is 9.53 Å². The molecule has 1 unspecified atom stereocenters. The number of halogens is 2. The lowest BCUT2D eigenvalue weighted by molar-refractivity contribution is -0.147. The molecule has 0 saturated carbocycles. The molecule has 0 aliphatic heterocycles. The van der Waals surface area contributed by atoms with Gasteiger partial charge in [0.25, 0.3) is 0 Å². The summed E-state index contributed by atoms with van der Waals surface area (Å²) in [6.45, 7) is -0.479. The van der Waals surface area contributed by atoms with Crippen molar-refractivity contribution >= 4 is 5.97 Å². The van der Waals surface area contributed by atoms with Crippen LogP contribution < -0.4 is 5.73 Å². The molecule has 0 heterocycles. The second kappa shape index (κ2) is 4.70. The molecule has 0 saturated heterocycles. The van der Waals surface area contributed by atoms with E-state index in [0.29, 0.717) is 0 Å². The van der Waals surface area contributed by atoms with Crippen LogP contribution in [-0.4, -0.2) is 18.9 Å². The number of rotatable bonds is 2. The van der Waals surface area contributed by atoms with Gasteiger partial charge in [-0.2, -0.15) is 0 Å². The number of carbonyl (C=O) groups is 1. The summed E-state index contributed by atoms with van der Waals surface area (Å²) in [5, 5.41) is 0. The first-order valence-corrected chi connectivity index (χ1v) is 2.33. The van der Waals surface area contributed by atoms with Crippen LogP contribution >= 0.6 is 0 Å². The normalized spacial score (nSPS) is 11.1. The summed E-state index contributed by atoms with van der Waals surface area (Å²) in [6.07, 6.45) is -1.21. The maximum absolute atomic E-state index is 11.7. The van der Waals surface area contributed by atoms with Crippen LogP contribution in [0.1, 0.15) is 0 Å². The van der Waals surface area contributed by atoms with E-state index in [0.717, 1.165) is 6.17 Å². The van der Waals surface area contributed by atoms with Gasteiger partial charge in [-0.25, -0.2) is 9.18 Å². The van der Waals surface area contributed by atoms with Crippen LogP contribution in [0.5, 0.6) is 0 Å². The summed E-state index contributed by atoms with van der Waals surface area (Å²) < 4.78 is 26.6. The Morgan fingerprint density at radius 2 is 2.40 bits per heavy atom. The average molecular weight is 149 g/mol. The van der Waals surface area contributed by atoms with Crippen molar-refractivity contribution in [1.29, 1.82) is 0 Å². The lowest BCUT2D eigenvalue weighted by atomic mass is 10.6. The van der Waals surface area contributed by atoms with Gasteiger partial charge < -0.3 is 4.74 Å². The molecule has 0 aliphatic rings. The number of hydrogen-bond acceptors (Lipinski definition) is 3. The lowest BCUT2D eigenvalue weighted by Crippen LogP contribution is -2.27. The van der Waals surface area contributed by atoms with Crippen molar-refractivity contribution in [2.24, 2.45) is 5.73 Å². The predicted molar refractivity (Wildman–Crippen MR) is 28.9 cm³/mol. The summed E-state index contributed by atoms with van der Waals surface area (Å²) in [4.78, 5) is 10.1. The van der Waals surface area contributed by atoms with E-state index in [9.17, 15) is 13.6 Å². The summed E-state index contributed by atoms with van der Waals surface area (Å²) in [5.41, 5.74) is 4.44. The van der Waals surface area contributed by atoms with Gasteiger partial charge in [-0.1, -0.05) is 0 Å². The molecular weight excluding hydrogens is 144 g/mol. The maximum atomic E-state index is 11.7. The van der Waals surface area contributed by atoms with Crippen molar-refractivity contribution in [1.82, 2.24) is 0 Å². The molecule has 0 aliphatic carbocycles. The van der Waals surface area contributed by atoms with E-state index >= 15 is 0 Å². The van der Waals surface area contributed by atoms with Crippen molar-refractivity contribution in [3.63, 3.8) is 0 Å². The van der Waals surface area contributed by atoms with Crippen LogP contribution in [0.25, 0.3) is 0 Å². The highest BCUT2D eigenvalue weighted by molar-refractivity contribution is 5.73. The first-order valence-electron chi connectivity index (χ1n) is 2.33. The number of esters is 1. The molecule has 0 aromatic carbocycles. The first-order chi connectivity index (χ1) is 4.68. The van der Waals surface area contributed by atoms with E-state index in [-0.39, 0.29) is 0 Å². The third-order valence-corrected chi connectivity index (χ3v) is 0.579. The highest BCUT2D eigenvalue weighted by Gasteiger charge is 2.11. The van der Waals surface area contributed by atoms with Crippen LogP contribution in [0.4, 0.5) is 8.78 Å². The minimum atomic E-state index is -2.18. The van der Waals surface area contributed by atoms with E-state index in [4.69, 9.17) is 0 Å². The summed E-state index contributed by atoms with van der Waals surface area (Å²) in [5.74, 6) is 0.505. The van der Waals surface area contributed by atoms with E-state index in [2.05, 4.69) is 10.5 Å². The number of hydrogen-bond donors (Lipinski definition) is 1. The molecule has 0 fully saturated rings. The van der Waals surface area contributed by atoms with E-state index in [1.165, 1.54) is 0 Å². The summed E-state index contributed by atoms with van der Waals surface area (Å²) >= 11 is 0. The molecule has 0 aromatic rings. The van der Waals surface area contributed by atoms with Crippen LogP contribution in [0.3, 0.4) is 0 Å². The Morgan fingerprint density at radius 1 is 1.80 bits per heavy atom. The standard InChI is InChI=1S/C5H5F2NO2/c6-2-1-3-10-5(9)4(7)8/h4H,3,8H2. The molecule has 10 heavy (non-hydrogen) atoms. The minimum Gasteiger partial charge on any atom is -0.449 e. The average Bonchev–Trinajstić information content (AvgIpc) is 1.88. The van der Waals surface area contributed by atoms with Crippen molar-refractivity contribution in [3.8, 4) is 12.1 Å². The zero-order valence-electron chi connectivity index (χ0n) is 4.93. The van der Waals surface area contributed by atoms with Crippen molar-refractivity contribution in [2.75, 3.05) is 6.61 Å². The third kappa shape index (κ3) is 3.80. The molecule has 0 rings (SSSR count). The Hall–Kier alpha value is -1.15. The fourth-order valence-electron chi connectivity index (χ4n) is 0.214. The molecule has 5 heteroatoms. The highest BCUT2D eigenvalue weighted by atomic mass is 19.1. The fraction of sp³-hybridized carbons (Fsp3) is 0.400. The fourth-order valence-corrected chi connectivity index (χ4v) is 0.214. The number of carbonyl (C=O) groups excluding carboxylic acids is 1. The Labute approximate surface area is 56.1 Å². The van der Waals surface area contributed by atoms with Gasteiger partial charge in [-0.3, -0.25) is 5.73 Å². The Bertz CT molecular complexity index is 170. The van der Waals surface area contributed by atoms with E-state index in [1.54, 1.807) is 5.92 Å². The molecule has 3 nitrogen and oxygen atoms in total. The molecule has 1 atom stereocenters. The topological polar surface area (TPSA) is 52.3 Å². The second-order valence-electron chi connectivity index (χ2n) is 1.28. The maximum Gasteiger partial charge on any atom is 0.356 e. The SMILES string of the molecule is NC(F)C(=O)OCC#CF. The van der Waals surface area contributed by atoms with E-state index < -0.39 is 18.9 Å².